The molecule has 0 aliphatic carbocycles. The van der Waals surface area contributed by atoms with Crippen LogP contribution < -0.4 is 9.80 Å². The molecule has 0 aromatic heterocycles. The topological polar surface area (TPSA) is 118 Å². The Balaban J connectivity index is 0.000000166. The number of fused-ring (bicyclic) bond motifs is 2. The second-order valence-electron chi connectivity index (χ2n) is 8.59. The number of nitrogens with zero attached hydrogens (tertiary/aromatic N) is 3. The molecule has 4 aromatic carbocycles. The Hall–Kier alpha value is -5.00. The van der Waals surface area contributed by atoms with Gasteiger partial charge in [0.05, 0.1) is 38.6 Å². The molecule has 2 aliphatic rings. The number of hydrogen-bond acceptors (Lipinski definition) is 6. The maximum absolute atomic E-state index is 14.1. The molecule has 0 unspecified atom stereocenters. The van der Waals surface area contributed by atoms with Crippen molar-refractivity contribution >= 4 is 63.9 Å². The average Bonchev–Trinajstić information content (AvgIpc) is 3.34. The number of rotatable bonds is 3. The minimum atomic E-state index is -0.995. The van der Waals surface area contributed by atoms with Gasteiger partial charge in [0, 0.05) is 17.2 Å². The van der Waals surface area contributed by atoms with E-state index in [4.69, 9.17) is 23.2 Å². The number of halogens is 4. The van der Waals surface area contributed by atoms with Gasteiger partial charge in [-0.05, 0) is 42.5 Å². The summed E-state index contributed by atoms with van der Waals surface area (Å²) in [5, 5.41) is 10.7. The Kier molecular flexibility index (Phi) is 7.08. The van der Waals surface area contributed by atoms with E-state index in [1.165, 1.54) is 24.3 Å². The lowest BCUT2D eigenvalue weighted by Gasteiger charge is -2.14. The Labute approximate surface area is 239 Å². The lowest BCUT2D eigenvalue weighted by atomic mass is 10.1. The van der Waals surface area contributed by atoms with Gasteiger partial charge in [0.25, 0.3) is 29.3 Å². The van der Waals surface area contributed by atoms with Crippen molar-refractivity contribution in [2.75, 3.05) is 9.80 Å². The van der Waals surface area contributed by atoms with Crippen LogP contribution in [0, 0.1) is 21.7 Å². The van der Waals surface area contributed by atoms with E-state index >= 15 is 0 Å². The van der Waals surface area contributed by atoms with Gasteiger partial charge in [-0.15, -0.1) is 0 Å². The third-order valence-electron chi connectivity index (χ3n) is 6.19. The largest absolute Gasteiger partial charge is 0.290 e. The van der Waals surface area contributed by atoms with Crippen LogP contribution in [0.4, 0.5) is 25.8 Å². The fraction of sp³-hybridized carbons (Fsp3) is 0. The van der Waals surface area contributed by atoms with E-state index in [1.807, 2.05) is 0 Å². The number of hydrogen-bond donors (Lipinski definition) is 0. The summed E-state index contributed by atoms with van der Waals surface area (Å²) in [6.07, 6.45) is 0. The summed E-state index contributed by atoms with van der Waals surface area (Å²) in [5.74, 6) is -4.23. The van der Waals surface area contributed by atoms with Crippen molar-refractivity contribution in [3.8, 4) is 0 Å². The summed E-state index contributed by atoms with van der Waals surface area (Å²) in [4.78, 5) is 60.3. The van der Waals surface area contributed by atoms with Crippen LogP contribution in [-0.2, 0) is 0 Å². The van der Waals surface area contributed by atoms with Crippen LogP contribution in [0.2, 0.25) is 10.0 Å². The molecule has 6 rings (SSSR count). The quantitative estimate of drug-likeness (QED) is 0.152. The maximum atomic E-state index is 14.1. The van der Waals surface area contributed by atoms with Gasteiger partial charge in [0.2, 0.25) is 0 Å². The van der Waals surface area contributed by atoms with Gasteiger partial charge in [-0.25, -0.2) is 18.6 Å². The molecule has 0 fully saturated rings. The molecule has 0 spiro atoms. The lowest BCUT2D eigenvalue weighted by Crippen LogP contribution is -2.30. The van der Waals surface area contributed by atoms with E-state index in [0.717, 1.165) is 17.0 Å². The van der Waals surface area contributed by atoms with Gasteiger partial charge in [0.15, 0.2) is 0 Å². The number of benzene rings is 4. The third kappa shape index (κ3) is 4.71. The Morgan fingerprint density at radius 1 is 0.610 bits per heavy atom. The Bertz CT molecular complexity index is 1760. The standard InChI is InChI=1S/C14H6ClFN2O4.C14H7ClFNO2/c15-9-5-10(16)12(6-11(9)18(21)22)17-13(19)7-3-1-2-4-8(7)14(17)20;15-8-5-6-12(11(16)7-8)17-13(18)9-3-1-2-4-10(9)14(17)19/h1-6H;1-7H. The average molecular weight is 596 g/mol. The fourth-order valence-electron chi connectivity index (χ4n) is 4.32. The molecule has 2 aliphatic heterocycles. The summed E-state index contributed by atoms with van der Waals surface area (Å²) in [5.41, 5.74) is -0.384. The van der Waals surface area contributed by atoms with E-state index in [2.05, 4.69) is 0 Å². The smallest absolute Gasteiger partial charge is 0.268 e. The molecule has 0 saturated carbocycles. The van der Waals surface area contributed by atoms with Gasteiger partial charge >= 0.3 is 0 Å². The highest BCUT2D eigenvalue weighted by Gasteiger charge is 2.39. The molecule has 41 heavy (non-hydrogen) atoms. The second kappa shape index (κ2) is 10.5. The predicted octanol–water partition coefficient (Wildman–Crippen LogP) is 6.47. The molecule has 0 saturated heterocycles. The summed E-state index contributed by atoms with van der Waals surface area (Å²) in [6, 6.07) is 17.7. The number of nitro benzene ring substituents is 1. The zero-order valence-electron chi connectivity index (χ0n) is 20.3. The first-order valence-corrected chi connectivity index (χ1v) is 12.3. The molecule has 0 radical (unpaired) electrons. The maximum Gasteiger partial charge on any atom is 0.290 e. The molecule has 204 valence electrons. The zero-order valence-corrected chi connectivity index (χ0v) is 21.8. The van der Waals surface area contributed by atoms with E-state index in [0.29, 0.717) is 11.0 Å². The van der Waals surface area contributed by atoms with Crippen LogP contribution in [0.15, 0.2) is 78.9 Å². The molecule has 0 bridgehead atoms. The first-order valence-electron chi connectivity index (χ1n) is 11.6. The van der Waals surface area contributed by atoms with Gasteiger partial charge in [0.1, 0.15) is 16.7 Å². The molecule has 2 heterocycles. The van der Waals surface area contributed by atoms with Gasteiger partial charge < -0.3 is 0 Å². The monoisotopic (exact) mass is 595 g/mol. The molecular weight excluding hydrogens is 583 g/mol. The molecule has 4 amide bonds. The first kappa shape index (κ1) is 27.6. The minimum absolute atomic E-state index is 0.0874. The van der Waals surface area contributed by atoms with Crippen molar-refractivity contribution in [1.82, 2.24) is 0 Å². The normalized spacial score (nSPS) is 13.7. The van der Waals surface area contributed by atoms with Crippen LogP contribution in [0.25, 0.3) is 0 Å². The molecule has 4 aromatic rings. The van der Waals surface area contributed by atoms with E-state index in [1.54, 1.807) is 36.4 Å². The Morgan fingerprint density at radius 3 is 1.44 bits per heavy atom. The summed E-state index contributed by atoms with van der Waals surface area (Å²) in [7, 11) is 0. The predicted molar refractivity (Wildman–Crippen MR) is 145 cm³/mol. The number of carbonyl (C=O) groups excluding carboxylic acids is 4. The van der Waals surface area contributed by atoms with E-state index in [9.17, 15) is 38.1 Å². The van der Waals surface area contributed by atoms with Crippen molar-refractivity contribution in [3.63, 3.8) is 0 Å². The minimum Gasteiger partial charge on any atom is -0.268 e. The van der Waals surface area contributed by atoms with Crippen LogP contribution >= 0.6 is 23.2 Å². The highest BCUT2D eigenvalue weighted by molar-refractivity contribution is 6.36. The lowest BCUT2D eigenvalue weighted by molar-refractivity contribution is -0.384. The number of imide groups is 2. The van der Waals surface area contributed by atoms with Crippen molar-refractivity contribution in [1.29, 1.82) is 0 Å². The number of nitro groups is 1. The molecule has 0 atom stereocenters. The van der Waals surface area contributed by atoms with Gasteiger partial charge in [-0.1, -0.05) is 47.5 Å². The number of anilines is 2. The van der Waals surface area contributed by atoms with Crippen molar-refractivity contribution < 1.29 is 32.9 Å². The van der Waals surface area contributed by atoms with Crippen molar-refractivity contribution in [2.45, 2.75) is 0 Å². The van der Waals surface area contributed by atoms with Crippen LogP contribution in [0.3, 0.4) is 0 Å². The van der Waals surface area contributed by atoms with Crippen LogP contribution in [0.5, 0.6) is 0 Å². The molecular formula is C28H13Cl2F2N3O6. The summed E-state index contributed by atoms with van der Waals surface area (Å²) in [6.45, 7) is 0. The molecule has 0 N–H and O–H groups in total. The van der Waals surface area contributed by atoms with Gasteiger partial charge in [-0.3, -0.25) is 29.3 Å². The van der Waals surface area contributed by atoms with Gasteiger partial charge in [-0.2, -0.15) is 0 Å². The van der Waals surface area contributed by atoms with Crippen LogP contribution in [0.1, 0.15) is 41.4 Å². The Morgan fingerprint density at radius 2 is 1.02 bits per heavy atom. The number of carbonyl (C=O) groups is 4. The highest BCUT2D eigenvalue weighted by Crippen LogP contribution is 2.36. The SMILES string of the molecule is O=C1c2ccccc2C(=O)N1c1cc([N+](=O)[O-])c(Cl)cc1F.O=C1c2ccccc2C(=O)N1c1ccc(Cl)cc1F. The van der Waals surface area contributed by atoms with Crippen molar-refractivity contribution in [2.24, 2.45) is 0 Å². The molecule has 13 heteroatoms. The fourth-order valence-corrected chi connectivity index (χ4v) is 4.69. The number of amides is 4. The summed E-state index contributed by atoms with van der Waals surface area (Å²) < 4.78 is 27.9. The third-order valence-corrected chi connectivity index (χ3v) is 6.73. The van der Waals surface area contributed by atoms with Crippen molar-refractivity contribution in [3.05, 3.63) is 133 Å². The molecule has 9 nitrogen and oxygen atoms in total. The van der Waals surface area contributed by atoms with E-state index in [-0.39, 0.29) is 33.0 Å². The highest BCUT2D eigenvalue weighted by atomic mass is 35.5. The summed E-state index contributed by atoms with van der Waals surface area (Å²) >= 11 is 11.3. The first-order chi connectivity index (χ1) is 19.5. The van der Waals surface area contributed by atoms with Crippen LogP contribution in [-0.4, -0.2) is 28.6 Å². The zero-order chi connectivity index (χ0) is 29.6. The second-order valence-corrected chi connectivity index (χ2v) is 9.43. The van der Waals surface area contributed by atoms with E-state index < -0.39 is 56.6 Å².